The summed E-state index contributed by atoms with van der Waals surface area (Å²) >= 11 is 5.07. The summed E-state index contributed by atoms with van der Waals surface area (Å²) in [7, 11) is 0. The molecule has 3 nitrogen and oxygen atoms in total. The highest BCUT2D eigenvalue weighted by Crippen LogP contribution is 2.28. The Hall–Kier alpha value is -1.94. The third kappa shape index (κ3) is 2.90. The van der Waals surface area contributed by atoms with Crippen molar-refractivity contribution < 1.29 is 4.74 Å². The van der Waals surface area contributed by atoms with Crippen LogP contribution in [0.15, 0.2) is 30.5 Å². The summed E-state index contributed by atoms with van der Waals surface area (Å²) in [6, 6.07) is 7.90. The summed E-state index contributed by atoms with van der Waals surface area (Å²) in [4.78, 5) is 4.53. The van der Waals surface area contributed by atoms with Gasteiger partial charge in [-0.05, 0) is 49.6 Å². The van der Waals surface area contributed by atoms with Crippen LogP contribution in [-0.2, 0) is 0 Å². The lowest BCUT2D eigenvalue weighted by molar-refractivity contribution is 0.457. The second-order valence-electron chi connectivity index (χ2n) is 4.54. The lowest BCUT2D eigenvalue weighted by Gasteiger charge is -2.13. The van der Waals surface area contributed by atoms with E-state index >= 15 is 0 Å². The van der Waals surface area contributed by atoms with Crippen molar-refractivity contribution in [1.29, 1.82) is 0 Å². The van der Waals surface area contributed by atoms with Crippen LogP contribution in [-0.4, -0.2) is 9.97 Å². The Balaban J connectivity index is 2.46. The van der Waals surface area contributed by atoms with E-state index in [2.05, 4.69) is 4.98 Å². The summed E-state index contributed by atoms with van der Waals surface area (Å²) in [5.74, 6) is 1.23. The van der Waals surface area contributed by atoms with E-state index in [1.54, 1.807) is 6.20 Å². The Kier molecular flexibility index (Phi) is 3.81. The molecule has 0 bridgehead atoms. The first-order valence-electron chi connectivity index (χ1n) is 5.99. The minimum atomic E-state index is 0.297. The number of thiocarbonyl (C=S) groups is 1. The molecule has 0 amide bonds. The lowest BCUT2D eigenvalue weighted by Crippen LogP contribution is -2.13. The zero-order valence-corrected chi connectivity index (χ0v) is 12.0. The number of aryl methyl sites for hydroxylation is 3. The number of benzene rings is 1. The van der Waals surface area contributed by atoms with Crippen LogP contribution in [0.2, 0.25) is 0 Å². The van der Waals surface area contributed by atoms with Crippen molar-refractivity contribution >= 4 is 17.2 Å². The van der Waals surface area contributed by atoms with Crippen molar-refractivity contribution in [2.75, 3.05) is 0 Å². The molecule has 1 aromatic heterocycles. The average Bonchev–Trinajstić information content (AvgIpc) is 2.33. The van der Waals surface area contributed by atoms with E-state index in [0.717, 1.165) is 22.4 Å². The van der Waals surface area contributed by atoms with E-state index in [1.165, 1.54) is 0 Å². The third-order valence-electron chi connectivity index (χ3n) is 2.92. The van der Waals surface area contributed by atoms with E-state index in [4.69, 9.17) is 22.7 Å². The van der Waals surface area contributed by atoms with Gasteiger partial charge < -0.3 is 10.5 Å². The molecule has 0 radical (unpaired) electrons. The van der Waals surface area contributed by atoms with Gasteiger partial charge >= 0.3 is 0 Å². The van der Waals surface area contributed by atoms with Gasteiger partial charge in [-0.15, -0.1) is 0 Å². The second-order valence-corrected chi connectivity index (χ2v) is 4.98. The summed E-state index contributed by atoms with van der Waals surface area (Å²) in [6.07, 6.45) is 1.69. The first kappa shape index (κ1) is 13.5. The Morgan fingerprint density at radius 2 is 1.89 bits per heavy atom. The van der Waals surface area contributed by atoms with Crippen molar-refractivity contribution in [3.8, 4) is 11.6 Å². The van der Waals surface area contributed by atoms with E-state index in [9.17, 15) is 0 Å². The van der Waals surface area contributed by atoms with Crippen molar-refractivity contribution in [3.63, 3.8) is 0 Å². The maximum absolute atomic E-state index is 5.88. The van der Waals surface area contributed by atoms with Crippen LogP contribution in [0.3, 0.4) is 0 Å². The van der Waals surface area contributed by atoms with Crippen molar-refractivity contribution in [2.24, 2.45) is 5.73 Å². The highest BCUT2D eigenvalue weighted by Gasteiger charge is 2.13. The molecule has 2 aromatic rings. The fraction of sp³-hybridized carbons (Fsp3) is 0.200. The van der Waals surface area contributed by atoms with Gasteiger partial charge in [0.1, 0.15) is 10.7 Å². The van der Waals surface area contributed by atoms with Crippen LogP contribution in [0.1, 0.15) is 22.3 Å². The molecule has 0 aliphatic rings. The predicted molar refractivity (Wildman–Crippen MR) is 80.9 cm³/mol. The van der Waals surface area contributed by atoms with E-state index in [0.29, 0.717) is 16.4 Å². The number of hydrogen-bond donors (Lipinski definition) is 1. The molecule has 1 heterocycles. The second kappa shape index (κ2) is 5.36. The first-order chi connectivity index (χ1) is 8.99. The van der Waals surface area contributed by atoms with Gasteiger partial charge in [0, 0.05) is 6.20 Å². The highest BCUT2D eigenvalue weighted by molar-refractivity contribution is 7.80. The van der Waals surface area contributed by atoms with Crippen LogP contribution in [0.25, 0.3) is 0 Å². The monoisotopic (exact) mass is 272 g/mol. The fourth-order valence-electron chi connectivity index (χ4n) is 1.83. The number of ether oxygens (including phenoxy) is 1. The molecule has 98 valence electrons. The molecule has 0 atom stereocenters. The normalized spacial score (nSPS) is 10.3. The molecule has 0 unspecified atom stereocenters. The molecule has 0 saturated heterocycles. The SMILES string of the molecule is Cc1ccc(C)c(Oc2nccc(C)c2C(N)=S)c1. The molecule has 4 heteroatoms. The molecular weight excluding hydrogens is 256 g/mol. The number of aromatic nitrogens is 1. The molecule has 0 aliphatic carbocycles. The molecule has 1 aromatic carbocycles. The molecule has 2 N–H and O–H groups in total. The van der Waals surface area contributed by atoms with Crippen LogP contribution in [0.4, 0.5) is 0 Å². The Bertz CT molecular complexity index is 638. The van der Waals surface area contributed by atoms with Gasteiger partial charge in [-0.1, -0.05) is 24.4 Å². The molecular formula is C15H16N2OS. The minimum Gasteiger partial charge on any atom is -0.438 e. The standard InChI is InChI=1S/C15H16N2OS/c1-9-4-5-10(2)12(8-9)18-15-13(14(16)19)11(3)6-7-17-15/h4-8H,1-3H3,(H2,16,19). The fourth-order valence-corrected chi connectivity index (χ4v) is 2.08. The smallest absolute Gasteiger partial charge is 0.229 e. The zero-order valence-electron chi connectivity index (χ0n) is 11.2. The highest BCUT2D eigenvalue weighted by atomic mass is 32.1. The van der Waals surface area contributed by atoms with Gasteiger partial charge in [0.25, 0.3) is 0 Å². The van der Waals surface area contributed by atoms with Crippen LogP contribution in [0.5, 0.6) is 11.6 Å². The van der Waals surface area contributed by atoms with Gasteiger partial charge in [0.15, 0.2) is 0 Å². The summed E-state index contributed by atoms with van der Waals surface area (Å²) in [5.41, 5.74) is 9.58. The lowest BCUT2D eigenvalue weighted by atomic mass is 10.1. The molecule has 0 spiro atoms. The molecule has 0 aliphatic heterocycles. The van der Waals surface area contributed by atoms with Gasteiger partial charge in [-0.25, -0.2) is 4.98 Å². The maximum atomic E-state index is 5.88. The van der Waals surface area contributed by atoms with Crippen molar-refractivity contribution in [2.45, 2.75) is 20.8 Å². The van der Waals surface area contributed by atoms with Gasteiger partial charge in [0.05, 0.1) is 5.56 Å². The van der Waals surface area contributed by atoms with Crippen molar-refractivity contribution in [3.05, 3.63) is 52.7 Å². The maximum Gasteiger partial charge on any atom is 0.229 e. The van der Waals surface area contributed by atoms with E-state index in [1.807, 2.05) is 45.0 Å². The van der Waals surface area contributed by atoms with Crippen LogP contribution < -0.4 is 10.5 Å². The topological polar surface area (TPSA) is 48.1 Å². The molecule has 19 heavy (non-hydrogen) atoms. The summed E-state index contributed by atoms with van der Waals surface area (Å²) < 4.78 is 5.88. The zero-order chi connectivity index (χ0) is 14.0. The molecule has 0 saturated carbocycles. The van der Waals surface area contributed by atoms with Crippen LogP contribution in [0, 0.1) is 20.8 Å². The Morgan fingerprint density at radius 1 is 1.16 bits per heavy atom. The Labute approximate surface area is 118 Å². The Morgan fingerprint density at radius 3 is 2.58 bits per heavy atom. The molecule has 2 rings (SSSR count). The number of nitrogens with zero attached hydrogens (tertiary/aromatic N) is 1. The quantitative estimate of drug-likeness (QED) is 0.870. The van der Waals surface area contributed by atoms with Gasteiger partial charge in [-0.3, -0.25) is 0 Å². The van der Waals surface area contributed by atoms with Gasteiger partial charge in [-0.2, -0.15) is 0 Å². The first-order valence-corrected chi connectivity index (χ1v) is 6.40. The summed E-state index contributed by atoms with van der Waals surface area (Å²) in [6.45, 7) is 5.95. The number of hydrogen-bond acceptors (Lipinski definition) is 3. The van der Waals surface area contributed by atoms with Crippen LogP contribution >= 0.6 is 12.2 Å². The van der Waals surface area contributed by atoms with E-state index < -0.39 is 0 Å². The minimum absolute atomic E-state index is 0.297. The number of nitrogens with two attached hydrogens (primary N) is 1. The average molecular weight is 272 g/mol. The van der Waals surface area contributed by atoms with Crippen molar-refractivity contribution in [1.82, 2.24) is 4.98 Å². The van der Waals surface area contributed by atoms with E-state index in [-0.39, 0.29) is 0 Å². The predicted octanol–water partition coefficient (Wildman–Crippen LogP) is 3.43. The largest absolute Gasteiger partial charge is 0.438 e. The summed E-state index contributed by atoms with van der Waals surface area (Å²) in [5, 5.41) is 0. The third-order valence-corrected chi connectivity index (χ3v) is 3.13. The van der Waals surface area contributed by atoms with Gasteiger partial charge in [0.2, 0.25) is 5.88 Å². The number of pyridine rings is 1. The molecule has 0 fully saturated rings. The number of rotatable bonds is 3.